The minimum atomic E-state index is -0.242. The van der Waals surface area contributed by atoms with E-state index < -0.39 is 0 Å². The lowest BCUT2D eigenvalue weighted by atomic mass is 10.3. The normalized spacial score (nSPS) is 13.7. The average Bonchev–Trinajstić information content (AvgIpc) is 3.40. The van der Waals surface area contributed by atoms with Crippen molar-refractivity contribution in [2.45, 2.75) is 25.4 Å². The Morgan fingerprint density at radius 2 is 2.07 bits per heavy atom. The summed E-state index contributed by atoms with van der Waals surface area (Å²) in [6.07, 6.45) is 5.36. The lowest BCUT2D eigenvalue weighted by Gasteiger charge is -2.02. The number of nitrogens with zero attached hydrogens (tertiary/aromatic N) is 5. The average molecular weight is 406 g/mol. The third-order valence-electron chi connectivity index (χ3n) is 4.80. The lowest BCUT2D eigenvalue weighted by Crippen LogP contribution is -2.32. The van der Waals surface area contributed by atoms with Gasteiger partial charge in [-0.25, -0.2) is 14.5 Å². The fourth-order valence-corrected chi connectivity index (χ4v) is 4.12. The highest BCUT2D eigenvalue weighted by atomic mass is 32.1. The van der Waals surface area contributed by atoms with Crippen molar-refractivity contribution in [3.05, 3.63) is 64.3 Å². The van der Waals surface area contributed by atoms with Crippen LogP contribution in [0.5, 0.6) is 0 Å². The van der Waals surface area contributed by atoms with Gasteiger partial charge in [-0.1, -0.05) is 12.1 Å². The van der Waals surface area contributed by atoms with Crippen molar-refractivity contribution in [2.24, 2.45) is 0 Å². The molecule has 1 saturated carbocycles. The van der Waals surface area contributed by atoms with Crippen molar-refractivity contribution in [1.29, 1.82) is 0 Å². The summed E-state index contributed by atoms with van der Waals surface area (Å²) in [6.45, 7) is 0.589. The van der Waals surface area contributed by atoms with Gasteiger partial charge in [0.1, 0.15) is 0 Å². The molecule has 0 unspecified atom stereocenters. The van der Waals surface area contributed by atoms with Gasteiger partial charge in [-0.3, -0.25) is 14.3 Å². The number of carbonyl (C=O) groups excluding carboxylic acids is 1. The molecular weight excluding hydrogens is 388 g/mol. The van der Waals surface area contributed by atoms with Crippen molar-refractivity contribution in [3.8, 4) is 11.4 Å². The van der Waals surface area contributed by atoms with Crippen LogP contribution in [0.25, 0.3) is 21.6 Å². The number of fused-ring (bicyclic) bond motifs is 1. The second-order valence-electron chi connectivity index (χ2n) is 6.91. The highest BCUT2D eigenvalue weighted by molar-refractivity contribution is 7.20. The van der Waals surface area contributed by atoms with Crippen LogP contribution in [0.15, 0.2) is 53.6 Å². The molecule has 3 aromatic heterocycles. The molecule has 0 atom stereocenters. The molecule has 1 aliphatic rings. The first-order valence-corrected chi connectivity index (χ1v) is 10.3. The van der Waals surface area contributed by atoms with Crippen LogP contribution in [0.1, 0.15) is 28.7 Å². The number of aromatic nitrogens is 5. The van der Waals surface area contributed by atoms with Crippen LogP contribution in [0.4, 0.5) is 0 Å². The largest absolute Gasteiger partial charge is 0.348 e. The molecule has 0 radical (unpaired) electrons. The Morgan fingerprint density at radius 1 is 1.21 bits per heavy atom. The van der Waals surface area contributed by atoms with Gasteiger partial charge in [-0.05, 0) is 37.1 Å². The van der Waals surface area contributed by atoms with Gasteiger partial charge in [-0.2, -0.15) is 0 Å². The Hall–Kier alpha value is -3.33. The molecule has 1 amide bonds. The maximum atomic E-state index is 12.8. The molecule has 3 heterocycles. The maximum absolute atomic E-state index is 12.8. The topological polar surface area (TPSA) is 94.7 Å². The van der Waals surface area contributed by atoms with E-state index in [1.807, 2.05) is 36.4 Å². The summed E-state index contributed by atoms with van der Waals surface area (Å²) < 4.78 is 4.13. The maximum Gasteiger partial charge on any atom is 0.346 e. The zero-order chi connectivity index (χ0) is 19.8. The van der Waals surface area contributed by atoms with E-state index in [1.165, 1.54) is 16.0 Å². The summed E-state index contributed by atoms with van der Waals surface area (Å²) in [5, 5.41) is 7.76. The van der Waals surface area contributed by atoms with Crippen LogP contribution in [0.3, 0.4) is 0 Å². The van der Waals surface area contributed by atoms with Crippen molar-refractivity contribution in [3.63, 3.8) is 0 Å². The SMILES string of the molecule is O=C(NCCn1nc(-c2cccnc2)n(C2CC2)c1=O)c1nc2ccccc2s1. The number of para-hydroxylation sites is 1. The van der Waals surface area contributed by atoms with E-state index >= 15 is 0 Å². The van der Waals surface area contributed by atoms with Crippen LogP contribution in [-0.4, -0.2) is 36.8 Å². The van der Waals surface area contributed by atoms with Gasteiger partial charge in [0.05, 0.1) is 16.8 Å². The summed E-state index contributed by atoms with van der Waals surface area (Å²) in [5.74, 6) is 0.386. The van der Waals surface area contributed by atoms with Gasteiger partial charge >= 0.3 is 5.69 Å². The minimum Gasteiger partial charge on any atom is -0.348 e. The lowest BCUT2D eigenvalue weighted by molar-refractivity contribution is 0.0951. The smallest absolute Gasteiger partial charge is 0.346 e. The zero-order valence-corrected chi connectivity index (χ0v) is 16.3. The molecule has 5 rings (SSSR count). The van der Waals surface area contributed by atoms with Crippen molar-refractivity contribution < 1.29 is 4.79 Å². The zero-order valence-electron chi connectivity index (χ0n) is 15.5. The molecule has 1 aromatic carbocycles. The number of hydrogen-bond acceptors (Lipinski definition) is 6. The van der Waals surface area contributed by atoms with E-state index in [4.69, 9.17) is 0 Å². The van der Waals surface area contributed by atoms with Crippen LogP contribution < -0.4 is 11.0 Å². The van der Waals surface area contributed by atoms with E-state index in [-0.39, 0.29) is 17.6 Å². The number of hydrogen-bond donors (Lipinski definition) is 1. The van der Waals surface area contributed by atoms with E-state index in [9.17, 15) is 9.59 Å². The van der Waals surface area contributed by atoms with Gasteiger partial charge in [0.25, 0.3) is 5.91 Å². The van der Waals surface area contributed by atoms with Gasteiger partial charge in [0.15, 0.2) is 10.8 Å². The first kappa shape index (κ1) is 17.7. The third kappa shape index (κ3) is 3.44. The summed E-state index contributed by atoms with van der Waals surface area (Å²) >= 11 is 1.35. The number of benzene rings is 1. The van der Waals surface area contributed by atoms with E-state index in [2.05, 4.69) is 20.4 Å². The number of carbonyl (C=O) groups is 1. The second kappa shape index (κ2) is 7.25. The Balaban J connectivity index is 1.32. The second-order valence-corrected chi connectivity index (χ2v) is 7.95. The van der Waals surface area contributed by atoms with Crippen LogP contribution in [0.2, 0.25) is 0 Å². The Labute approximate surface area is 169 Å². The quantitative estimate of drug-likeness (QED) is 0.531. The number of pyridine rings is 1. The number of thiazole rings is 1. The summed E-state index contributed by atoms with van der Waals surface area (Å²) in [4.78, 5) is 33.7. The van der Waals surface area contributed by atoms with Crippen LogP contribution in [0, 0.1) is 0 Å². The molecule has 9 heteroatoms. The van der Waals surface area contributed by atoms with Crippen LogP contribution >= 0.6 is 11.3 Å². The van der Waals surface area contributed by atoms with Crippen molar-refractivity contribution in [2.75, 3.05) is 6.54 Å². The number of rotatable bonds is 6. The molecule has 29 heavy (non-hydrogen) atoms. The van der Waals surface area contributed by atoms with Crippen molar-refractivity contribution >= 4 is 27.5 Å². The first-order valence-electron chi connectivity index (χ1n) is 9.44. The highest BCUT2D eigenvalue weighted by Crippen LogP contribution is 2.36. The molecule has 4 aromatic rings. The summed E-state index contributed by atoms with van der Waals surface area (Å²) in [5.41, 5.74) is 1.47. The van der Waals surface area contributed by atoms with Gasteiger partial charge in [0.2, 0.25) is 0 Å². The number of nitrogens with one attached hydrogen (secondary N) is 1. The molecule has 8 nitrogen and oxygen atoms in total. The van der Waals surface area contributed by atoms with Crippen LogP contribution in [-0.2, 0) is 6.54 Å². The van der Waals surface area contributed by atoms with Crippen molar-refractivity contribution in [1.82, 2.24) is 29.6 Å². The van der Waals surface area contributed by atoms with Gasteiger partial charge < -0.3 is 5.32 Å². The third-order valence-corrected chi connectivity index (χ3v) is 5.83. The van der Waals surface area contributed by atoms with Gasteiger partial charge in [-0.15, -0.1) is 16.4 Å². The van der Waals surface area contributed by atoms with E-state index in [0.717, 1.165) is 28.6 Å². The molecule has 1 N–H and O–H groups in total. The summed E-state index contributed by atoms with van der Waals surface area (Å²) in [7, 11) is 0. The molecular formula is C20H18N6O2S. The fraction of sp³-hybridized carbons (Fsp3) is 0.250. The predicted molar refractivity (Wildman–Crippen MR) is 110 cm³/mol. The molecule has 0 spiro atoms. The Bertz CT molecular complexity index is 1210. The molecule has 146 valence electrons. The molecule has 0 bridgehead atoms. The Morgan fingerprint density at radius 3 is 2.83 bits per heavy atom. The molecule has 0 saturated heterocycles. The number of amides is 1. The van der Waals surface area contributed by atoms with Gasteiger partial charge in [0, 0.05) is 30.5 Å². The standard InChI is InChI=1S/C20H18N6O2S/c27-18(19-23-15-5-1-2-6-16(15)29-19)22-10-11-25-20(28)26(14-7-8-14)17(24-25)13-4-3-9-21-12-13/h1-6,9,12,14H,7-8,10-11H2,(H,22,27). The first-order chi connectivity index (χ1) is 14.2. The van der Waals surface area contributed by atoms with E-state index in [0.29, 0.717) is 23.9 Å². The fourth-order valence-electron chi connectivity index (χ4n) is 3.24. The monoisotopic (exact) mass is 406 g/mol. The Kier molecular flexibility index (Phi) is 4.44. The minimum absolute atomic E-state index is 0.152. The molecule has 1 aliphatic carbocycles. The summed E-state index contributed by atoms with van der Waals surface area (Å²) in [6, 6.07) is 11.6. The molecule has 1 fully saturated rings. The predicted octanol–water partition coefficient (Wildman–Crippen LogP) is 2.48. The highest BCUT2D eigenvalue weighted by Gasteiger charge is 2.30. The molecule has 0 aliphatic heterocycles. The van der Waals surface area contributed by atoms with E-state index in [1.54, 1.807) is 17.0 Å².